The van der Waals surface area contributed by atoms with Crippen molar-refractivity contribution < 1.29 is 28.2 Å². The fraction of sp³-hybridized carbons (Fsp3) is 0.400. The molecule has 0 saturated carbocycles. The first-order valence-electron chi connectivity index (χ1n) is 6.82. The largest absolute Gasteiger partial charge is 0.465 e. The third-order valence-electron chi connectivity index (χ3n) is 2.93. The summed E-state index contributed by atoms with van der Waals surface area (Å²) in [6, 6.07) is 3.33. The number of anilines is 1. The van der Waals surface area contributed by atoms with Crippen LogP contribution < -0.4 is 5.73 Å². The second kappa shape index (κ2) is 8.11. The van der Waals surface area contributed by atoms with Crippen molar-refractivity contribution in [3.05, 3.63) is 29.6 Å². The lowest BCUT2D eigenvalue weighted by Crippen LogP contribution is -2.29. The number of hydrogen-bond donors (Lipinski definition) is 1. The van der Waals surface area contributed by atoms with Gasteiger partial charge in [0.2, 0.25) is 5.78 Å². The van der Waals surface area contributed by atoms with E-state index in [2.05, 4.69) is 0 Å². The maximum absolute atomic E-state index is 13.1. The molecule has 1 aromatic carbocycles. The van der Waals surface area contributed by atoms with Gasteiger partial charge in [-0.1, -0.05) is 6.92 Å². The molecule has 1 rings (SSSR count). The molecule has 120 valence electrons. The van der Waals surface area contributed by atoms with Gasteiger partial charge in [0.25, 0.3) is 0 Å². The fourth-order valence-electron chi connectivity index (χ4n) is 1.76. The van der Waals surface area contributed by atoms with Crippen LogP contribution in [0.5, 0.6) is 0 Å². The molecule has 0 heterocycles. The lowest BCUT2D eigenvalue weighted by Gasteiger charge is -2.13. The van der Waals surface area contributed by atoms with Gasteiger partial charge in [0, 0.05) is 11.3 Å². The average Bonchev–Trinajstić information content (AvgIpc) is 2.48. The van der Waals surface area contributed by atoms with Crippen LogP contribution in [0.3, 0.4) is 0 Å². The van der Waals surface area contributed by atoms with E-state index < -0.39 is 36.1 Å². The first-order chi connectivity index (χ1) is 10.4. The summed E-state index contributed by atoms with van der Waals surface area (Å²) < 4.78 is 22.7. The highest BCUT2D eigenvalue weighted by molar-refractivity contribution is 6.03. The molecule has 0 aromatic heterocycles. The van der Waals surface area contributed by atoms with Gasteiger partial charge in [-0.3, -0.25) is 14.4 Å². The van der Waals surface area contributed by atoms with E-state index in [-0.39, 0.29) is 24.3 Å². The van der Waals surface area contributed by atoms with Crippen LogP contribution in [0.1, 0.15) is 30.6 Å². The molecule has 7 heteroatoms. The van der Waals surface area contributed by atoms with Gasteiger partial charge in [-0.15, -0.1) is 0 Å². The molecule has 1 atom stereocenters. The molecular formula is C15H18FNO5. The second-order valence-corrected chi connectivity index (χ2v) is 4.48. The van der Waals surface area contributed by atoms with Crippen LogP contribution in [-0.4, -0.2) is 30.9 Å². The number of halogens is 1. The predicted molar refractivity (Wildman–Crippen MR) is 76.5 cm³/mol. The molecule has 6 nitrogen and oxygen atoms in total. The molecule has 2 N–H and O–H groups in total. The summed E-state index contributed by atoms with van der Waals surface area (Å²) in [6.07, 6.45) is 0.188. The van der Waals surface area contributed by atoms with E-state index in [1.807, 2.05) is 0 Å². The second-order valence-electron chi connectivity index (χ2n) is 4.48. The number of nitrogen functional groups attached to an aromatic ring is 1. The Bertz CT molecular complexity index is 573. The normalized spacial score (nSPS) is 11.6. The minimum atomic E-state index is -1.09. The monoisotopic (exact) mass is 311 g/mol. The van der Waals surface area contributed by atoms with E-state index in [0.29, 0.717) is 0 Å². The van der Waals surface area contributed by atoms with Crippen LogP contribution >= 0.6 is 0 Å². The highest BCUT2D eigenvalue weighted by Crippen LogP contribution is 2.15. The van der Waals surface area contributed by atoms with Gasteiger partial charge < -0.3 is 15.2 Å². The molecule has 0 saturated heterocycles. The van der Waals surface area contributed by atoms with Gasteiger partial charge in [0.15, 0.2) is 12.5 Å². The number of ketones is 1. The van der Waals surface area contributed by atoms with Gasteiger partial charge >= 0.3 is 11.9 Å². The highest BCUT2D eigenvalue weighted by atomic mass is 19.1. The fourth-order valence-corrected chi connectivity index (χ4v) is 1.76. The maximum atomic E-state index is 13.1. The number of carbonyl (C=O) groups is 3. The average molecular weight is 311 g/mol. The van der Waals surface area contributed by atoms with Crippen LogP contribution in [-0.2, 0) is 19.1 Å². The van der Waals surface area contributed by atoms with Crippen LogP contribution in [0.2, 0.25) is 0 Å². The van der Waals surface area contributed by atoms with Crippen molar-refractivity contribution in [2.75, 3.05) is 18.9 Å². The van der Waals surface area contributed by atoms with Gasteiger partial charge in [-0.2, -0.15) is 0 Å². The lowest BCUT2D eigenvalue weighted by molar-refractivity contribution is -0.161. The van der Waals surface area contributed by atoms with E-state index in [4.69, 9.17) is 15.2 Å². The summed E-state index contributed by atoms with van der Waals surface area (Å²) in [4.78, 5) is 35.2. The number of Topliss-reactive ketones (excluding diaryl/α,β-unsaturated/α-hetero) is 1. The Balaban J connectivity index is 2.68. The summed E-state index contributed by atoms with van der Waals surface area (Å²) >= 11 is 0. The Labute approximate surface area is 127 Å². The standard InChI is InChI=1S/C15H18FNO5/c1-3-10(14(19)21-4-2)15(20)22-8-13(18)11-7-9(16)5-6-12(11)17/h5-7,10H,3-4,8,17H2,1-2H3. The molecule has 0 aliphatic carbocycles. The Morgan fingerprint density at radius 3 is 2.41 bits per heavy atom. The molecule has 0 spiro atoms. The number of ether oxygens (including phenoxy) is 2. The molecule has 0 radical (unpaired) electrons. The van der Waals surface area contributed by atoms with Gasteiger partial charge in [0.1, 0.15) is 5.82 Å². The van der Waals surface area contributed by atoms with E-state index in [1.165, 1.54) is 6.07 Å². The van der Waals surface area contributed by atoms with Gasteiger partial charge in [0.05, 0.1) is 6.61 Å². The Morgan fingerprint density at radius 1 is 1.18 bits per heavy atom. The number of nitrogens with two attached hydrogens (primary N) is 1. The molecule has 22 heavy (non-hydrogen) atoms. The van der Waals surface area contributed by atoms with E-state index >= 15 is 0 Å². The molecule has 0 aliphatic rings. The van der Waals surface area contributed by atoms with E-state index in [9.17, 15) is 18.8 Å². The zero-order valence-electron chi connectivity index (χ0n) is 12.4. The molecule has 1 aromatic rings. The zero-order valence-corrected chi connectivity index (χ0v) is 12.4. The molecule has 0 amide bonds. The summed E-state index contributed by atoms with van der Waals surface area (Å²) in [6.45, 7) is 2.76. The van der Waals surface area contributed by atoms with Crippen molar-refractivity contribution in [2.45, 2.75) is 20.3 Å². The Hall–Kier alpha value is -2.44. The topological polar surface area (TPSA) is 95.7 Å². The quantitative estimate of drug-likeness (QED) is 0.356. The van der Waals surface area contributed by atoms with Crippen molar-refractivity contribution in [3.63, 3.8) is 0 Å². The highest BCUT2D eigenvalue weighted by Gasteiger charge is 2.28. The molecule has 0 fully saturated rings. The number of carbonyl (C=O) groups excluding carboxylic acids is 3. The predicted octanol–water partition coefficient (Wildman–Crippen LogP) is 1.72. The Morgan fingerprint density at radius 2 is 1.82 bits per heavy atom. The third-order valence-corrected chi connectivity index (χ3v) is 2.93. The number of benzene rings is 1. The first-order valence-corrected chi connectivity index (χ1v) is 6.82. The van der Waals surface area contributed by atoms with Crippen LogP contribution in [0.4, 0.5) is 10.1 Å². The van der Waals surface area contributed by atoms with Crippen molar-refractivity contribution in [3.8, 4) is 0 Å². The number of rotatable bonds is 7. The smallest absolute Gasteiger partial charge is 0.320 e. The minimum absolute atomic E-state index is 0.0722. The van der Waals surface area contributed by atoms with Crippen molar-refractivity contribution in [2.24, 2.45) is 5.92 Å². The molecule has 0 aliphatic heterocycles. The molecule has 1 unspecified atom stereocenters. The number of hydrogen-bond acceptors (Lipinski definition) is 6. The molecule has 0 bridgehead atoms. The summed E-state index contributed by atoms with van der Waals surface area (Å²) in [5.41, 5.74) is 5.58. The van der Waals surface area contributed by atoms with E-state index in [0.717, 1.165) is 12.1 Å². The SMILES string of the molecule is CCOC(=O)C(CC)C(=O)OCC(=O)c1cc(F)ccc1N. The first kappa shape index (κ1) is 17.6. The number of esters is 2. The van der Waals surface area contributed by atoms with Gasteiger partial charge in [-0.05, 0) is 31.5 Å². The van der Waals surface area contributed by atoms with Crippen LogP contribution in [0, 0.1) is 11.7 Å². The van der Waals surface area contributed by atoms with Crippen molar-refractivity contribution in [1.82, 2.24) is 0 Å². The summed E-state index contributed by atoms with van der Waals surface area (Å²) in [5.74, 6) is -3.92. The van der Waals surface area contributed by atoms with Crippen molar-refractivity contribution >= 4 is 23.4 Å². The zero-order chi connectivity index (χ0) is 16.7. The maximum Gasteiger partial charge on any atom is 0.320 e. The van der Waals surface area contributed by atoms with E-state index in [1.54, 1.807) is 13.8 Å². The minimum Gasteiger partial charge on any atom is -0.465 e. The summed E-state index contributed by atoms with van der Waals surface area (Å²) in [7, 11) is 0. The Kier molecular flexibility index (Phi) is 6.49. The summed E-state index contributed by atoms with van der Waals surface area (Å²) in [5, 5.41) is 0. The lowest BCUT2D eigenvalue weighted by atomic mass is 10.1. The van der Waals surface area contributed by atoms with Crippen LogP contribution in [0.15, 0.2) is 18.2 Å². The van der Waals surface area contributed by atoms with Crippen LogP contribution in [0.25, 0.3) is 0 Å². The van der Waals surface area contributed by atoms with Crippen molar-refractivity contribution in [1.29, 1.82) is 0 Å². The molecular weight excluding hydrogens is 293 g/mol. The third kappa shape index (κ3) is 4.54. The van der Waals surface area contributed by atoms with Gasteiger partial charge in [-0.25, -0.2) is 4.39 Å².